The molecule has 2 aromatic carbocycles. The van der Waals surface area contributed by atoms with E-state index in [1.165, 1.54) is 0 Å². The molecule has 0 aliphatic carbocycles. The standard InChI is InChI=1S/C21H23N3O3/c1-3-26-18-11-10-17(14-19(18)27-4-2)21(25)22-20-12-13-24(23-20)15-16-8-6-5-7-9-16/h5-14H,3-4,15H2,1-2H3,(H,22,23,25). The van der Waals surface area contributed by atoms with E-state index in [1.807, 2.05) is 50.4 Å². The molecule has 0 bridgehead atoms. The number of benzene rings is 2. The molecule has 27 heavy (non-hydrogen) atoms. The van der Waals surface area contributed by atoms with Crippen LogP contribution in [0, 0.1) is 0 Å². The number of rotatable bonds is 8. The van der Waals surface area contributed by atoms with Crippen LogP contribution in [0.25, 0.3) is 0 Å². The molecule has 6 nitrogen and oxygen atoms in total. The van der Waals surface area contributed by atoms with Crippen LogP contribution in [0.15, 0.2) is 60.8 Å². The van der Waals surface area contributed by atoms with E-state index in [2.05, 4.69) is 10.4 Å². The number of nitrogens with one attached hydrogen (secondary N) is 1. The van der Waals surface area contributed by atoms with E-state index in [0.29, 0.717) is 42.6 Å². The Balaban J connectivity index is 1.69. The number of aromatic nitrogens is 2. The minimum absolute atomic E-state index is 0.246. The molecule has 0 aliphatic heterocycles. The highest BCUT2D eigenvalue weighted by Crippen LogP contribution is 2.28. The number of hydrogen-bond acceptors (Lipinski definition) is 4. The van der Waals surface area contributed by atoms with Gasteiger partial charge in [0.05, 0.1) is 19.8 Å². The molecular formula is C21H23N3O3. The summed E-state index contributed by atoms with van der Waals surface area (Å²) >= 11 is 0. The Bertz CT molecular complexity index is 891. The second-order valence-corrected chi connectivity index (χ2v) is 5.87. The Morgan fingerprint density at radius 1 is 1.00 bits per heavy atom. The van der Waals surface area contributed by atoms with E-state index in [4.69, 9.17) is 9.47 Å². The smallest absolute Gasteiger partial charge is 0.257 e. The van der Waals surface area contributed by atoms with Gasteiger partial charge >= 0.3 is 0 Å². The quantitative estimate of drug-likeness (QED) is 0.656. The van der Waals surface area contributed by atoms with E-state index in [1.54, 1.807) is 28.9 Å². The highest BCUT2D eigenvalue weighted by molar-refractivity contribution is 6.04. The van der Waals surface area contributed by atoms with Gasteiger partial charge < -0.3 is 14.8 Å². The predicted octanol–water partition coefficient (Wildman–Crippen LogP) is 3.98. The van der Waals surface area contributed by atoms with Crippen molar-refractivity contribution in [3.05, 3.63) is 71.9 Å². The summed E-state index contributed by atoms with van der Waals surface area (Å²) in [7, 11) is 0. The zero-order valence-electron chi connectivity index (χ0n) is 15.5. The van der Waals surface area contributed by atoms with Crippen LogP contribution >= 0.6 is 0 Å². The summed E-state index contributed by atoms with van der Waals surface area (Å²) in [6.07, 6.45) is 1.84. The van der Waals surface area contributed by atoms with Gasteiger partial charge in [0.15, 0.2) is 17.3 Å². The van der Waals surface area contributed by atoms with Crippen molar-refractivity contribution >= 4 is 11.7 Å². The lowest BCUT2D eigenvalue weighted by Crippen LogP contribution is -2.13. The summed E-state index contributed by atoms with van der Waals surface area (Å²) in [5.74, 6) is 1.44. The van der Waals surface area contributed by atoms with Gasteiger partial charge in [0.25, 0.3) is 5.91 Å². The zero-order valence-corrected chi connectivity index (χ0v) is 15.5. The van der Waals surface area contributed by atoms with Gasteiger partial charge in [-0.1, -0.05) is 30.3 Å². The molecular weight excluding hydrogens is 342 g/mol. The van der Waals surface area contributed by atoms with Crippen LogP contribution in [-0.4, -0.2) is 28.9 Å². The third-order valence-corrected chi connectivity index (χ3v) is 3.88. The molecule has 0 saturated carbocycles. The summed E-state index contributed by atoms with van der Waals surface area (Å²) in [5.41, 5.74) is 1.63. The van der Waals surface area contributed by atoms with Crippen LogP contribution in [0.1, 0.15) is 29.8 Å². The number of carbonyl (C=O) groups excluding carboxylic acids is 1. The third-order valence-electron chi connectivity index (χ3n) is 3.88. The van der Waals surface area contributed by atoms with E-state index in [-0.39, 0.29) is 5.91 Å². The molecule has 1 N–H and O–H groups in total. The van der Waals surface area contributed by atoms with Gasteiger partial charge in [-0.2, -0.15) is 5.10 Å². The lowest BCUT2D eigenvalue weighted by Gasteiger charge is -2.12. The Labute approximate surface area is 158 Å². The number of nitrogens with zero attached hydrogens (tertiary/aromatic N) is 2. The van der Waals surface area contributed by atoms with Crippen LogP contribution in [0.2, 0.25) is 0 Å². The first-order chi connectivity index (χ1) is 13.2. The molecule has 1 aromatic heterocycles. The molecule has 3 rings (SSSR count). The van der Waals surface area contributed by atoms with E-state index in [0.717, 1.165) is 5.56 Å². The van der Waals surface area contributed by atoms with Crippen molar-refractivity contribution < 1.29 is 14.3 Å². The lowest BCUT2D eigenvalue weighted by atomic mass is 10.2. The van der Waals surface area contributed by atoms with E-state index >= 15 is 0 Å². The maximum absolute atomic E-state index is 12.6. The maximum Gasteiger partial charge on any atom is 0.257 e. The molecule has 6 heteroatoms. The van der Waals surface area contributed by atoms with Crippen molar-refractivity contribution in [1.29, 1.82) is 0 Å². The highest BCUT2D eigenvalue weighted by Gasteiger charge is 2.13. The van der Waals surface area contributed by atoms with Crippen molar-refractivity contribution in [3.8, 4) is 11.5 Å². The molecule has 140 valence electrons. The molecule has 0 unspecified atom stereocenters. The minimum atomic E-state index is -0.246. The SMILES string of the molecule is CCOc1ccc(C(=O)Nc2ccn(Cc3ccccc3)n2)cc1OCC. The average Bonchev–Trinajstić information content (AvgIpc) is 3.11. The topological polar surface area (TPSA) is 65.4 Å². The number of amides is 1. The number of anilines is 1. The molecule has 1 heterocycles. The van der Waals surface area contributed by atoms with Crippen LogP contribution in [-0.2, 0) is 6.54 Å². The Kier molecular flexibility index (Phi) is 6.10. The first-order valence-electron chi connectivity index (χ1n) is 8.98. The summed E-state index contributed by atoms with van der Waals surface area (Å²) in [6, 6.07) is 17.0. The van der Waals surface area contributed by atoms with Crippen molar-refractivity contribution in [3.63, 3.8) is 0 Å². The van der Waals surface area contributed by atoms with Gasteiger partial charge in [-0.3, -0.25) is 9.48 Å². The number of hydrogen-bond donors (Lipinski definition) is 1. The van der Waals surface area contributed by atoms with Crippen LogP contribution in [0.5, 0.6) is 11.5 Å². The predicted molar refractivity (Wildman–Crippen MR) is 105 cm³/mol. The monoisotopic (exact) mass is 365 g/mol. The lowest BCUT2D eigenvalue weighted by molar-refractivity contribution is 0.102. The molecule has 0 saturated heterocycles. The summed E-state index contributed by atoms with van der Waals surface area (Å²) in [4.78, 5) is 12.6. The van der Waals surface area contributed by atoms with Crippen molar-refractivity contribution in [2.45, 2.75) is 20.4 Å². The summed E-state index contributed by atoms with van der Waals surface area (Å²) in [5, 5.41) is 7.22. The normalized spacial score (nSPS) is 10.4. The Morgan fingerprint density at radius 3 is 2.48 bits per heavy atom. The van der Waals surface area contributed by atoms with Crippen LogP contribution in [0.4, 0.5) is 5.82 Å². The molecule has 0 radical (unpaired) electrons. The fourth-order valence-electron chi connectivity index (χ4n) is 2.67. The average molecular weight is 365 g/mol. The second-order valence-electron chi connectivity index (χ2n) is 5.87. The Hall–Kier alpha value is -3.28. The van der Waals surface area contributed by atoms with Crippen molar-refractivity contribution in [2.24, 2.45) is 0 Å². The largest absolute Gasteiger partial charge is 0.490 e. The van der Waals surface area contributed by atoms with E-state index in [9.17, 15) is 4.79 Å². The van der Waals surface area contributed by atoms with Crippen LogP contribution < -0.4 is 14.8 Å². The number of carbonyl (C=O) groups is 1. The molecule has 1 amide bonds. The Morgan fingerprint density at radius 2 is 1.74 bits per heavy atom. The molecule has 0 atom stereocenters. The molecule has 0 aliphatic rings. The molecule has 0 fully saturated rings. The molecule has 3 aromatic rings. The third kappa shape index (κ3) is 4.88. The van der Waals surface area contributed by atoms with Gasteiger partial charge in [0, 0.05) is 17.8 Å². The maximum atomic E-state index is 12.6. The van der Waals surface area contributed by atoms with Crippen molar-refractivity contribution in [2.75, 3.05) is 18.5 Å². The minimum Gasteiger partial charge on any atom is -0.490 e. The van der Waals surface area contributed by atoms with E-state index < -0.39 is 0 Å². The van der Waals surface area contributed by atoms with Crippen molar-refractivity contribution in [1.82, 2.24) is 9.78 Å². The van der Waals surface area contributed by atoms with Gasteiger partial charge in [-0.15, -0.1) is 0 Å². The van der Waals surface area contributed by atoms with Gasteiger partial charge in [-0.05, 0) is 37.6 Å². The van der Waals surface area contributed by atoms with Gasteiger partial charge in [0.2, 0.25) is 0 Å². The number of ether oxygens (including phenoxy) is 2. The second kappa shape index (κ2) is 8.89. The van der Waals surface area contributed by atoms with Gasteiger partial charge in [-0.25, -0.2) is 0 Å². The van der Waals surface area contributed by atoms with Crippen LogP contribution in [0.3, 0.4) is 0 Å². The fourth-order valence-corrected chi connectivity index (χ4v) is 2.67. The fraction of sp³-hybridized carbons (Fsp3) is 0.238. The highest BCUT2D eigenvalue weighted by atomic mass is 16.5. The first-order valence-corrected chi connectivity index (χ1v) is 8.98. The molecule has 0 spiro atoms. The summed E-state index contributed by atoms with van der Waals surface area (Å²) in [6.45, 7) is 5.47. The first kappa shape index (κ1) is 18.5. The summed E-state index contributed by atoms with van der Waals surface area (Å²) < 4.78 is 12.9. The van der Waals surface area contributed by atoms with Gasteiger partial charge in [0.1, 0.15) is 0 Å². The zero-order chi connectivity index (χ0) is 19.1.